The largest absolute Gasteiger partial charge is 0.494 e. The second-order valence-electron chi connectivity index (χ2n) is 9.90. The minimum Gasteiger partial charge on any atom is -0.494 e. The van der Waals surface area contributed by atoms with Gasteiger partial charge < -0.3 is 10.5 Å². The maximum Gasteiger partial charge on any atom is 0.265 e. The lowest BCUT2D eigenvalue weighted by Gasteiger charge is -2.22. The fraction of sp³-hybridized carbons (Fsp3) is 0.172. The van der Waals surface area contributed by atoms with E-state index < -0.39 is 17.7 Å². The number of benzene rings is 2. The van der Waals surface area contributed by atoms with Gasteiger partial charge in [-0.1, -0.05) is 23.7 Å². The standard InChI is InChI=1S/C29H21ClF2N6O2S/c1-40-20-8-7-16(10-19(20)32)25-24-27(33)34-13-35-28(24)38(36-25)26(14-5-6-14)18-11-22-37(21(30)12-41-22)29(39)23(18)15-3-2-4-17(31)9-15/h2-4,7-14,26H,5-6H2,1H3,(H2,33,34,35). The van der Waals surface area contributed by atoms with Crippen molar-refractivity contribution >= 4 is 44.6 Å². The van der Waals surface area contributed by atoms with Crippen LogP contribution in [-0.4, -0.2) is 31.3 Å². The summed E-state index contributed by atoms with van der Waals surface area (Å²) < 4.78 is 37.5. The monoisotopic (exact) mass is 590 g/mol. The van der Waals surface area contributed by atoms with E-state index in [-0.39, 0.29) is 28.2 Å². The van der Waals surface area contributed by atoms with Crippen LogP contribution in [0.15, 0.2) is 65.0 Å². The van der Waals surface area contributed by atoms with Gasteiger partial charge in [-0.2, -0.15) is 5.10 Å². The molecule has 1 unspecified atom stereocenters. The molecule has 206 valence electrons. The maximum atomic E-state index is 14.8. The lowest BCUT2D eigenvalue weighted by molar-refractivity contribution is 0.386. The van der Waals surface area contributed by atoms with Crippen molar-refractivity contribution in [2.24, 2.45) is 5.92 Å². The molecule has 12 heteroatoms. The van der Waals surface area contributed by atoms with Gasteiger partial charge in [0.05, 0.1) is 24.1 Å². The van der Waals surface area contributed by atoms with Crippen molar-refractivity contribution in [3.05, 3.63) is 92.9 Å². The summed E-state index contributed by atoms with van der Waals surface area (Å²) in [7, 11) is 1.39. The molecule has 0 bridgehead atoms. The third-order valence-corrected chi connectivity index (χ3v) is 8.69. The highest BCUT2D eigenvalue weighted by Gasteiger charge is 2.39. The summed E-state index contributed by atoms with van der Waals surface area (Å²) in [6, 6.07) is 11.9. The molecule has 0 saturated heterocycles. The molecule has 0 amide bonds. The summed E-state index contributed by atoms with van der Waals surface area (Å²) in [5, 5.41) is 7.37. The lowest BCUT2D eigenvalue weighted by atomic mass is 9.93. The molecule has 1 saturated carbocycles. The number of rotatable bonds is 6. The fourth-order valence-corrected chi connectivity index (χ4v) is 6.58. The molecule has 1 atom stereocenters. The molecule has 0 spiro atoms. The molecule has 2 aromatic carbocycles. The van der Waals surface area contributed by atoms with Gasteiger partial charge in [0, 0.05) is 10.9 Å². The Labute approximate surface area is 240 Å². The zero-order valence-corrected chi connectivity index (χ0v) is 23.1. The summed E-state index contributed by atoms with van der Waals surface area (Å²) in [4.78, 5) is 23.4. The number of nitrogens with zero attached hydrogens (tertiary/aromatic N) is 5. The van der Waals surface area contributed by atoms with Crippen molar-refractivity contribution in [1.82, 2.24) is 24.1 Å². The topological polar surface area (TPSA) is 100 Å². The number of methoxy groups -OCH3 is 1. The van der Waals surface area contributed by atoms with Gasteiger partial charge in [0.25, 0.3) is 5.56 Å². The Morgan fingerprint density at radius 2 is 1.95 bits per heavy atom. The molecule has 41 heavy (non-hydrogen) atoms. The molecule has 1 fully saturated rings. The quantitative estimate of drug-likeness (QED) is 0.242. The Kier molecular flexibility index (Phi) is 6.02. The third kappa shape index (κ3) is 4.15. The highest BCUT2D eigenvalue weighted by Crippen LogP contribution is 2.48. The molecule has 0 aliphatic heterocycles. The van der Waals surface area contributed by atoms with Crippen LogP contribution >= 0.6 is 22.9 Å². The van der Waals surface area contributed by atoms with Crippen LogP contribution in [0.5, 0.6) is 5.75 Å². The van der Waals surface area contributed by atoms with Gasteiger partial charge in [0.1, 0.15) is 33.6 Å². The van der Waals surface area contributed by atoms with Crippen LogP contribution in [0.3, 0.4) is 0 Å². The summed E-state index contributed by atoms with van der Waals surface area (Å²) in [5.41, 5.74) is 8.70. The second-order valence-corrected chi connectivity index (χ2v) is 11.2. The number of anilines is 1. The van der Waals surface area contributed by atoms with Crippen molar-refractivity contribution in [3.8, 4) is 28.1 Å². The summed E-state index contributed by atoms with van der Waals surface area (Å²) in [6.45, 7) is 0. The number of thiazole rings is 1. The molecule has 2 N–H and O–H groups in total. The normalized spacial score (nSPS) is 14.1. The number of hydrogen-bond acceptors (Lipinski definition) is 7. The number of hydrogen-bond donors (Lipinski definition) is 1. The van der Waals surface area contributed by atoms with Gasteiger partial charge in [0.2, 0.25) is 0 Å². The second kappa shape index (κ2) is 9.64. The van der Waals surface area contributed by atoms with Crippen molar-refractivity contribution < 1.29 is 13.5 Å². The molecule has 1 aliphatic carbocycles. The molecule has 0 radical (unpaired) electrons. The number of pyridine rings is 1. The van der Waals surface area contributed by atoms with Gasteiger partial charge >= 0.3 is 0 Å². The minimum absolute atomic E-state index is 0.0979. The molecule has 7 rings (SSSR count). The highest BCUT2D eigenvalue weighted by atomic mass is 35.5. The molecule has 1 aliphatic rings. The first-order chi connectivity index (χ1) is 19.9. The zero-order chi connectivity index (χ0) is 28.4. The number of ether oxygens (including phenoxy) is 1. The van der Waals surface area contributed by atoms with E-state index in [0.29, 0.717) is 43.8 Å². The van der Waals surface area contributed by atoms with Crippen LogP contribution in [0.2, 0.25) is 5.15 Å². The van der Waals surface area contributed by atoms with E-state index >= 15 is 0 Å². The van der Waals surface area contributed by atoms with Crippen LogP contribution in [0.1, 0.15) is 24.4 Å². The van der Waals surface area contributed by atoms with Crippen LogP contribution in [0, 0.1) is 17.6 Å². The van der Waals surface area contributed by atoms with Crippen LogP contribution in [0.25, 0.3) is 38.2 Å². The Morgan fingerprint density at radius 1 is 1.12 bits per heavy atom. The number of nitrogen functional groups attached to an aromatic ring is 1. The molecular formula is C29H21ClF2N6O2S. The van der Waals surface area contributed by atoms with Crippen molar-refractivity contribution in [3.63, 3.8) is 0 Å². The van der Waals surface area contributed by atoms with E-state index in [1.165, 1.54) is 53.4 Å². The number of nitrogens with two attached hydrogens (primary N) is 1. The molecule has 8 nitrogen and oxygen atoms in total. The van der Waals surface area contributed by atoms with E-state index in [2.05, 4.69) is 9.97 Å². The third-order valence-electron chi connectivity index (χ3n) is 7.40. The lowest BCUT2D eigenvalue weighted by Crippen LogP contribution is -2.23. The van der Waals surface area contributed by atoms with Crippen LogP contribution < -0.4 is 16.0 Å². The van der Waals surface area contributed by atoms with Gasteiger partial charge in [0.15, 0.2) is 17.2 Å². The Bertz CT molecular complexity index is 2050. The Hall–Kier alpha value is -4.35. The first kappa shape index (κ1) is 25.6. The number of halogens is 3. The number of fused-ring (bicyclic) bond motifs is 2. The van der Waals surface area contributed by atoms with Crippen molar-refractivity contribution in [2.45, 2.75) is 18.9 Å². The van der Waals surface area contributed by atoms with E-state index in [1.807, 2.05) is 6.07 Å². The average molecular weight is 591 g/mol. The van der Waals surface area contributed by atoms with Crippen LogP contribution in [-0.2, 0) is 0 Å². The van der Waals surface area contributed by atoms with E-state index in [9.17, 15) is 13.6 Å². The number of aromatic nitrogens is 5. The predicted octanol–water partition coefficient (Wildman–Crippen LogP) is 6.36. The first-order valence-electron chi connectivity index (χ1n) is 12.8. The maximum absolute atomic E-state index is 14.8. The minimum atomic E-state index is -0.552. The smallest absolute Gasteiger partial charge is 0.265 e. The van der Waals surface area contributed by atoms with Crippen LogP contribution in [0.4, 0.5) is 14.6 Å². The van der Waals surface area contributed by atoms with Crippen molar-refractivity contribution in [2.75, 3.05) is 12.8 Å². The SMILES string of the molecule is COc1ccc(-c2nn(C(c3cc4scc(Cl)n4c(=O)c3-c3cccc(F)c3)C3CC3)c3ncnc(N)c23)cc1F. The Morgan fingerprint density at radius 3 is 2.68 bits per heavy atom. The molecule has 4 aromatic heterocycles. The molecule has 6 aromatic rings. The summed E-state index contributed by atoms with van der Waals surface area (Å²) in [6.07, 6.45) is 3.11. The highest BCUT2D eigenvalue weighted by molar-refractivity contribution is 7.16. The van der Waals surface area contributed by atoms with Gasteiger partial charge in [-0.05, 0) is 66.3 Å². The van der Waals surface area contributed by atoms with E-state index in [4.69, 9.17) is 27.2 Å². The summed E-state index contributed by atoms with van der Waals surface area (Å²) >= 11 is 7.74. The van der Waals surface area contributed by atoms with Gasteiger partial charge in [-0.3, -0.25) is 9.20 Å². The van der Waals surface area contributed by atoms with E-state index in [0.717, 1.165) is 12.8 Å². The zero-order valence-electron chi connectivity index (χ0n) is 21.5. The average Bonchev–Trinajstić information content (AvgIpc) is 3.61. The van der Waals surface area contributed by atoms with E-state index in [1.54, 1.807) is 28.3 Å². The Balaban J connectivity index is 1.53. The molecular weight excluding hydrogens is 570 g/mol. The summed E-state index contributed by atoms with van der Waals surface area (Å²) in [5.74, 6) is -0.623. The predicted molar refractivity (Wildman–Crippen MR) is 154 cm³/mol. The van der Waals surface area contributed by atoms with Gasteiger partial charge in [-0.15, -0.1) is 11.3 Å². The van der Waals surface area contributed by atoms with Crippen molar-refractivity contribution in [1.29, 1.82) is 0 Å². The fourth-order valence-electron chi connectivity index (χ4n) is 5.43. The first-order valence-corrected chi connectivity index (χ1v) is 14.0. The molecule has 4 heterocycles. The van der Waals surface area contributed by atoms with Gasteiger partial charge in [-0.25, -0.2) is 23.4 Å².